The number of thioether (sulfide) groups is 1. The Hall–Kier alpha value is -2.62. The van der Waals surface area contributed by atoms with Crippen LogP contribution in [0.25, 0.3) is 33.4 Å². The van der Waals surface area contributed by atoms with E-state index in [-0.39, 0.29) is 0 Å². The van der Waals surface area contributed by atoms with E-state index in [1.54, 1.807) is 6.20 Å². The van der Waals surface area contributed by atoms with Gasteiger partial charge in [0.05, 0.1) is 23.0 Å². The Bertz CT molecular complexity index is 1140. The van der Waals surface area contributed by atoms with Crippen molar-refractivity contribution in [2.24, 2.45) is 0 Å². The SMILES string of the molecule is CSc1nccc(-c2c(-c3ccc(C#N)cc3)[nH]c3ccc(Br)cc23)n1. The third kappa shape index (κ3) is 3.00. The molecule has 0 saturated carbocycles. The number of rotatable bonds is 3. The lowest BCUT2D eigenvalue weighted by atomic mass is 10.0. The number of halogens is 1. The molecule has 0 saturated heterocycles. The maximum atomic E-state index is 9.05. The lowest BCUT2D eigenvalue weighted by molar-refractivity contribution is 0.977. The molecule has 0 fully saturated rings. The van der Waals surface area contributed by atoms with E-state index in [9.17, 15) is 0 Å². The van der Waals surface area contributed by atoms with Crippen LogP contribution in [0, 0.1) is 11.3 Å². The number of aromatic nitrogens is 3. The van der Waals surface area contributed by atoms with E-state index in [1.165, 1.54) is 11.8 Å². The van der Waals surface area contributed by atoms with Crippen LogP contribution in [0.3, 0.4) is 0 Å². The molecule has 2 aromatic heterocycles. The monoisotopic (exact) mass is 420 g/mol. The highest BCUT2D eigenvalue weighted by molar-refractivity contribution is 9.10. The smallest absolute Gasteiger partial charge is 0.187 e. The van der Waals surface area contributed by atoms with Crippen molar-refractivity contribution in [3.8, 4) is 28.6 Å². The van der Waals surface area contributed by atoms with Crippen molar-refractivity contribution < 1.29 is 0 Å². The zero-order valence-corrected chi connectivity index (χ0v) is 16.2. The topological polar surface area (TPSA) is 65.4 Å². The zero-order chi connectivity index (χ0) is 18.1. The Morgan fingerprint density at radius 2 is 1.92 bits per heavy atom. The van der Waals surface area contributed by atoms with Crippen LogP contribution >= 0.6 is 27.7 Å². The quantitative estimate of drug-likeness (QED) is 0.343. The summed E-state index contributed by atoms with van der Waals surface area (Å²) in [5.74, 6) is 0. The van der Waals surface area contributed by atoms with Crippen molar-refractivity contribution in [3.63, 3.8) is 0 Å². The third-order valence-electron chi connectivity index (χ3n) is 4.14. The van der Waals surface area contributed by atoms with Gasteiger partial charge in [-0.15, -0.1) is 0 Å². The van der Waals surface area contributed by atoms with E-state index < -0.39 is 0 Å². The van der Waals surface area contributed by atoms with Gasteiger partial charge in [-0.3, -0.25) is 0 Å². The van der Waals surface area contributed by atoms with Gasteiger partial charge in [-0.05, 0) is 48.2 Å². The van der Waals surface area contributed by atoms with Gasteiger partial charge < -0.3 is 4.98 Å². The number of hydrogen-bond acceptors (Lipinski definition) is 4. The summed E-state index contributed by atoms with van der Waals surface area (Å²) in [4.78, 5) is 12.5. The maximum absolute atomic E-state index is 9.05. The highest BCUT2D eigenvalue weighted by atomic mass is 79.9. The first kappa shape index (κ1) is 16.8. The molecule has 0 aliphatic rings. The molecule has 0 aliphatic carbocycles. The van der Waals surface area contributed by atoms with Crippen LogP contribution in [0.15, 0.2) is 64.4 Å². The summed E-state index contributed by atoms with van der Waals surface area (Å²) >= 11 is 5.08. The van der Waals surface area contributed by atoms with Crippen molar-refractivity contribution in [3.05, 3.63) is 64.8 Å². The fourth-order valence-corrected chi connectivity index (χ4v) is 3.65. The van der Waals surface area contributed by atoms with Crippen LogP contribution < -0.4 is 0 Å². The molecule has 4 nitrogen and oxygen atoms in total. The second-order valence-electron chi connectivity index (χ2n) is 5.68. The molecule has 2 heterocycles. The van der Waals surface area contributed by atoms with Gasteiger partial charge in [0, 0.05) is 27.1 Å². The molecule has 0 spiro atoms. The van der Waals surface area contributed by atoms with Crippen molar-refractivity contribution in [1.82, 2.24) is 15.0 Å². The molecule has 0 aliphatic heterocycles. The number of nitriles is 1. The molecule has 0 bridgehead atoms. The number of fused-ring (bicyclic) bond motifs is 1. The van der Waals surface area contributed by atoms with Gasteiger partial charge in [0.25, 0.3) is 0 Å². The number of aromatic amines is 1. The maximum Gasteiger partial charge on any atom is 0.187 e. The second kappa shape index (κ2) is 6.94. The van der Waals surface area contributed by atoms with Crippen LogP contribution in [0.5, 0.6) is 0 Å². The molecule has 1 N–H and O–H groups in total. The van der Waals surface area contributed by atoms with Crippen LogP contribution in [-0.4, -0.2) is 21.2 Å². The summed E-state index contributed by atoms with van der Waals surface area (Å²) in [6.07, 6.45) is 3.75. The summed E-state index contributed by atoms with van der Waals surface area (Å²) in [7, 11) is 0. The van der Waals surface area contributed by atoms with Crippen molar-refractivity contribution in [2.75, 3.05) is 6.26 Å². The zero-order valence-electron chi connectivity index (χ0n) is 13.8. The first-order chi connectivity index (χ1) is 12.7. The van der Waals surface area contributed by atoms with E-state index in [4.69, 9.17) is 10.2 Å². The Balaban J connectivity index is 2.01. The van der Waals surface area contributed by atoms with E-state index in [0.29, 0.717) is 5.56 Å². The average molecular weight is 421 g/mol. The van der Waals surface area contributed by atoms with Gasteiger partial charge in [-0.25, -0.2) is 9.97 Å². The molecule has 2 aromatic carbocycles. The van der Waals surface area contributed by atoms with Crippen LogP contribution in [0.1, 0.15) is 5.56 Å². The predicted octanol–water partition coefficient (Wildman–Crippen LogP) is 5.65. The fraction of sp³-hybridized carbons (Fsp3) is 0.0500. The molecule has 6 heteroatoms. The predicted molar refractivity (Wildman–Crippen MR) is 109 cm³/mol. The number of nitrogens with zero attached hydrogens (tertiary/aromatic N) is 3. The number of hydrogen-bond donors (Lipinski definition) is 1. The molecule has 0 amide bonds. The summed E-state index contributed by atoms with van der Waals surface area (Å²) in [6, 6.07) is 17.8. The number of nitrogens with one attached hydrogen (secondary N) is 1. The van der Waals surface area contributed by atoms with E-state index in [2.05, 4.69) is 38.0 Å². The standard InChI is InChI=1S/C20H13BrN4S/c1-26-20-23-9-8-17(25-20)18-15-10-14(21)6-7-16(15)24-19(18)13-4-2-12(11-22)3-5-13/h2-10,24H,1H3. The lowest BCUT2D eigenvalue weighted by Crippen LogP contribution is -1.90. The van der Waals surface area contributed by atoms with Gasteiger partial charge in [-0.2, -0.15) is 5.26 Å². The molecule has 4 rings (SSSR count). The number of benzene rings is 2. The molecule has 126 valence electrons. The van der Waals surface area contributed by atoms with E-state index >= 15 is 0 Å². The molecule has 0 radical (unpaired) electrons. The van der Waals surface area contributed by atoms with Crippen LogP contribution in [0.2, 0.25) is 0 Å². The second-order valence-corrected chi connectivity index (χ2v) is 7.37. The summed E-state index contributed by atoms with van der Waals surface area (Å²) < 4.78 is 1.01. The minimum Gasteiger partial charge on any atom is -0.354 e. The third-order valence-corrected chi connectivity index (χ3v) is 5.19. The molecule has 0 atom stereocenters. The van der Waals surface area contributed by atoms with Gasteiger partial charge >= 0.3 is 0 Å². The average Bonchev–Trinajstić information content (AvgIpc) is 3.06. The molecule has 4 aromatic rings. The fourth-order valence-electron chi connectivity index (χ4n) is 2.94. The largest absolute Gasteiger partial charge is 0.354 e. The normalized spacial score (nSPS) is 10.8. The first-order valence-corrected chi connectivity index (χ1v) is 9.90. The minimum absolute atomic E-state index is 0.640. The van der Waals surface area contributed by atoms with Crippen LogP contribution in [-0.2, 0) is 0 Å². The van der Waals surface area contributed by atoms with Crippen molar-refractivity contribution in [1.29, 1.82) is 5.26 Å². The Kier molecular flexibility index (Phi) is 4.49. The van der Waals surface area contributed by atoms with Crippen molar-refractivity contribution >= 4 is 38.6 Å². The van der Waals surface area contributed by atoms with E-state index in [0.717, 1.165) is 43.0 Å². The molecular formula is C20H13BrN4S. The van der Waals surface area contributed by atoms with Crippen LogP contribution in [0.4, 0.5) is 0 Å². The number of H-pyrrole nitrogens is 1. The summed E-state index contributed by atoms with van der Waals surface area (Å²) in [5, 5.41) is 10.9. The highest BCUT2D eigenvalue weighted by Crippen LogP contribution is 2.38. The molecule has 26 heavy (non-hydrogen) atoms. The molecular weight excluding hydrogens is 408 g/mol. The van der Waals surface area contributed by atoms with Gasteiger partial charge in [-0.1, -0.05) is 39.8 Å². The van der Waals surface area contributed by atoms with E-state index in [1.807, 2.05) is 48.7 Å². The summed E-state index contributed by atoms with van der Waals surface area (Å²) in [5.41, 5.74) is 5.56. The van der Waals surface area contributed by atoms with Gasteiger partial charge in [0.2, 0.25) is 0 Å². The minimum atomic E-state index is 0.640. The highest BCUT2D eigenvalue weighted by Gasteiger charge is 2.17. The Morgan fingerprint density at radius 1 is 1.12 bits per heavy atom. The first-order valence-electron chi connectivity index (χ1n) is 7.89. The molecule has 0 unspecified atom stereocenters. The van der Waals surface area contributed by atoms with Gasteiger partial charge in [0.15, 0.2) is 5.16 Å². The van der Waals surface area contributed by atoms with Gasteiger partial charge in [0.1, 0.15) is 0 Å². The lowest BCUT2D eigenvalue weighted by Gasteiger charge is -2.06. The summed E-state index contributed by atoms with van der Waals surface area (Å²) in [6.45, 7) is 0. The van der Waals surface area contributed by atoms with Crippen molar-refractivity contribution in [2.45, 2.75) is 5.16 Å². The Morgan fingerprint density at radius 3 is 2.65 bits per heavy atom. The Labute approximate surface area is 163 Å².